The Balaban J connectivity index is 0.918. The van der Waals surface area contributed by atoms with Crippen LogP contribution in [0.15, 0.2) is 182 Å². The minimum atomic E-state index is 1.12. The fourth-order valence-corrected chi connectivity index (χ4v) is 12.8. The summed E-state index contributed by atoms with van der Waals surface area (Å²) in [6.45, 7) is 0. The van der Waals surface area contributed by atoms with Gasteiger partial charge in [0.1, 0.15) is 0 Å². The molecule has 14 rings (SSSR count). The van der Waals surface area contributed by atoms with E-state index in [1.54, 1.807) is 11.3 Å². The van der Waals surface area contributed by atoms with Gasteiger partial charge in [-0.2, -0.15) is 0 Å². The normalized spacial score (nSPS) is 12.3. The zero-order valence-corrected chi connectivity index (χ0v) is 34.8. The molecule has 7 heterocycles. The molecule has 4 nitrogen and oxygen atoms in total. The first kappa shape index (κ1) is 33.6. The molecule has 61 heavy (non-hydrogen) atoms. The van der Waals surface area contributed by atoms with Gasteiger partial charge in [0.15, 0.2) is 0 Å². The maximum absolute atomic E-state index is 4.63. The van der Waals surface area contributed by atoms with Crippen LogP contribution in [-0.4, -0.2) is 19.1 Å². The van der Waals surface area contributed by atoms with Gasteiger partial charge in [-0.3, -0.25) is 9.97 Å². The van der Waals surface area contributed by atoms with Gasteiger partial charge in [-0.25, -0.2) is 0 Å². The molecule has 0 aliphatic carbocycles. The van der Waals surface area contributed by atoms with Crippen LogP contribution >= 0.6 is 34.0 Å². The second-order valence-electron chi connectivity index (χ2n) is 15.8. The molecule has 284 valence electrons. The Labute approximate surface area is 360 Å². The highest BCUT2D eigenvalue weighted by atomic mass is 32.1. The molecular formula is C54H30N4S3. The van der Waals surface area contributed by atoms with Crippen molar-refractivity contribution < 1.29 is 0 Å². The van der Waals surface area contributed by atoms with E-state index in [0.29, 0.717) is 0 Å². The first-order valence-electron chi connectivity index (χ1n) is 20.3. The molecule has 0 N–H and O–H groups in total. The van der Waals surface area contributed by atoms with E-state index in [0.717, 1.165) is 33.0 Å². The molecule has 7 aromatic heterocycles. The minimum absolute atomic E-state index is 1.12. The largest absolute Gasteiger partial charge is 0.309 e. The lowest BCUT2D eigenvalue weighted by atomic mass is 10.0. The molecule has 0 aliphatic rings. The highest BCUT2D eigenvalue weighted by Crippen LogP contribution is 2.43. The van der Waals surface area contributed by atoms with Crippen molar-refractivity contribution in [1.82, 2.24) is 19.1 Å². The summed E-state index contributed by atoms with van der Waals surface area (Å²) in [4.78, 5) is 9.25. The van der Waals surface area contributed by atoms with Gasteiger partial charge in [0.25, 0.3) is 0 Å². The predicted molar refractivity (Wildman–Crippen MR) is 263 cm³/mol. The Morgan fingerprint density at radius 2 is 0.820 bits per heavy atom. The van der Waals surface area contributed by atoms with Crippen LogP contribution in [0.2, 0.25) is 0 Å². The number of hydrogen-bond donors (Lipinski definition) is 0. The van der Waals surface area contributed by atoms with E-state index in [4.69, 9.17) is 0 Å². The molecule has 0 saturated heterocycles. The number of aromatic nitrogens is 4. The Morgan fingerprint density at radius 3 is 1.43 bits per heavy atom. The SMILES string of the molecule is c1ccc2c(c1)sc1ccc(-c3ccc4c(c3)c3cnccc3n4-c3ccc4scc(-n5c6ccncc6c6cc(-c7ccc8sc9ccccc9c8c7)ccc65)c4c3)cc12. The topological polar surface area (TPSA) is 35.6 Å². The lowest BCUT2D eigenvalue weighted by Crippen LogP contribution is -1.96. The van der Waals surface area contributed by atoms with Gasteiger partial charge in [0.2, 0.25) is 0 Å². The number of rotatable bonds is 4. The molecule has 14 aromatic rings. The van der Waals surface area contributed by atoms with E-state index in [9.17, 15) is 0 Å². The Morgan fingerprint density at radius 1 is 0.344 bits per heavy atom. The van der Waals surface area contributed by atoms with Crippen molar-refractivity contribution in [1.29, 1.82) is 0 Å². The van der Waals surface area contributed by atoms with Crippen LogP contribution in [0.25, 0.3) is 128 Å². The molecule has 0 fully saturated rings. The molecule has 0 spiro atoms. The Bertz CT molecular complexity index is 4140. The number of fused-ring (bicyclic) bond motifs is 13. The van der Waals surface area contributed by atoms with Gasteiger partial charge in [-0.15, -0.1) is 34.0 Å². The summed E-state index contributed by atoms with van der Waals surface area (Å²) in [6, 6.07) is 56.3. The third-order valence-corrected chi connectivity index (χ3v) is 15.8. The fraction of sp³-hybridized carbons (Fsp3) is 0. The molecular weight excluding hydrogens is 801 g/mol. The zero-order chi connectivity index (χ0) is 39.8. The number of hydrogen-bond acceptors (Lipinski definition) is 5. The van der Waals surface area contributed by atoms with Crippen molar-refractivity contribution in [3.05, 3.63) is 182 Å². The fourth-order valence-electron chi connectivity index (χ4n) is 9.76. The average molecular weight is 831 g/mol. The number of nitrogens with zero attached hydrogens (tertiary/aromatic N) is 4. The van der Waals surface area contributed by atoms with Crippen LogP contribution in [0.1, 0.15) is 0 Å². The van der Waals surface area contributed by atoms with E-state index in [1.165, 1.54) is 94.7 Å². The quantitative estimate of drug-likeness (QED) is 0.177. The van der Waals surface area contributed by atoms with Gasteiger partial charge >= 0.3 is 0 Å². The smallest absolute Gasteiger partial charge is 0.0648 e. The summed E-state index contributed by atoms with van der Waals surface area (Å²) < 4.78 is 11.4. The Kier molecular flexibility index (Phi) is 6.99. The van der Waals surface area contributed by atoms with Crippen LogP contribution in [0.4, 0.5) is 0 Å². The minimum Gasteiger partial charge on any atom is -0.309 e. The van der Waals surface area contributed by atoms with Crippen LogP contribution in [0.5, 0.6) is 0 Å². The van der Waals surface area contributed by atoms with Crippen molar-refractivity contribution in [3.63, 3.8) is 0 Å². The second-order valence-corrected chi connectivity index (χ2v) is 18.9. The molecule has 0 amide bonds. The van der Waals surface area contributed by atoms with Crippen LogP contribution < -0.4 is 0 Å². The zero-order valence-electron chi connectivity index (χ0n) is 32.3. The summed E-state index contributed by atoms with van der Waals surface area (Å²) >= 11 is 5.51. The molecule has 0 unspecified atom stereocenters. The molecule has 0 aliphatic heterocycles. The van der Waals surface area contributed by atoms with Crippen LogP contribution in [0.3, 0.4) is 0 Å². The number of pyridine rings is 2. The van der Waals surface area contributed by atoms with Crippen molar-refractivity contribution in [2.75, 3.05) is 0 Å². The summed E-state index contributed by atoms with van der Waals surface area (Å²) in [6.07, 6.45) is 7.86. The molecule has 0 bridgehead atoms. The third kappa shape index (κ3) is 4.91. The maximum atomic E-state index is 4.63. The summed E-state index contributed by atoms with van der Waals surface area (Å²) in [7, 11) is 0. The first-order valence-corrected chi connectivity index (χ1v) is 22.8. The average Bonchev–Trinajstić information content (AvgIpc) is 4.13. The van der Waals surface area contributed by atoms with Crippen LogP contribution in [0, 0.1) is 0 Å². The lowest BCUT2D eigenvalue weighted by Gasteiger charge is -2.11. The van der Waals surface area contributed by atoms with Gasteiger partial charge in [-0.05, 0) is 113 Å². The standard InChI is InChI=1S/C54H30N4S3/c1-3-7-51-36(5-1)40-25-33(11-16-53(40)60-51)31-9-14-45-38(23-31)43-28-55-21-19-47(43)57(45)35-13-18-50-42(27-35)49(30-59-50)58-46-15-10-32(24-39(46)44-29-56-22-20-48(44)58)34-12-17-54-41(26-34)37-6-2-4-8-52(37)61-54/h1-30H. The predicted octanol–water partition coefficient (Wildman–Crippen LogP) is 16.0. The molecule has 0 radical (unpaired) electrons. The van der Waals surface area contributed by atoms with Gasteiger partial charge in [0, 0.05) is 108 Å². The summed E-state index contributed by atoms with van der Waals surface area (Å²) in [5.74, 6) is 0. The molecule has 7 heteroatoms. The number of thiophene rings is 3. The third-order valence-electron chi connectivity index (χ3n) is 12.6. The van der Waals surface area contributed by atoms with E-state index in [2.05, 4.69) is 176 Å². The van der Waals surface area contributed by atoms with Gasteiger partial charge < -0.3 is 9.13 Å². The van der Waals surface area contributed by atoms with E-state index < -0.39 is 0 Å². The Hall–Kier alpha value is -7.16. The van der Waals surface area contributed by atoms with E-state index in [1.807, 2.05) is 47.5 Å². The summed E-state index contributed by atoms with van der Waals surface area (Å²) in [5.41, 5.74) is 11.8. The van der Waals surface area contributed by atoms with Crippen molar-refractivity contribution in [2.24, 2.45) is 0 Å². The maximum Gasteiger partial charge on any atom is 0.0648 e. The van der Waals surface area contributed by atoms with Gasteiger partial charge in [0.05, 0.1) is 27.8 Å². The molecule has 7 aromatic carbocycles. The highest BCUT2D eigenvalue weighted by Gasteiger charge is 2.19. The lowest BCUT2D eigenvalue weighted by molar-refractivity contribution is 1.17. The number of benzene rings is 7. The van der Waals surface area contributed by atoms with Crippen molar-refractivity contribution in [2.45, 2.75) is 0 Å². The first-order chi connectivity index (χ1) is 30.2. The van der Waals surface area contributed by atoms with E-state index in [-0.39, 0.29) is 0 Å². The second kappa shape index (κ2) is 12.7. The highest BCUT2D eigenvalue weighted by molar-refractivity contribution is 7.26. The van der Waals surface area contributed by atoms with Crippen molar-refractivity contribution >= 4 is 128 Å². The monoisotopic (exact) mass is 830 g/mol. The van der Waals surface area contributed by atoms with Crippen LogP contribution in [-0.2, 0) is 0 Å². The summed E-state index contributed by atoms with van der Waals surface area (Å²) in [5, 5.41) is 13.5. The molecule has 0 atom stereocenters. The van der Waals surface area contributed by atoms with Gasteiger partial charge in [-0.1, -0.05) is 60.7 Å². The van der Waals surface area contributed by atoms with E-state index >= 15 is 0 Å². The van der Waals surface area contributed by atoms with Crippen molar-refractivity contribution in [3.8, 4) is 33.6 Å². The molecule has 0 saturated carbocycles.